The number of halogens is 1. The van der Waals surface area contributed by atoms with Crippen LogP contribution >= 0.6 is 23.8 Å². The predicted octanol–water partition coefficient (Wildman–Crippen LogP) is 4.71. The van der Waals surface area contributed by atoms with E-state index in [9.17, 15) is 0 Å². The Balaban J connectivity index is 1.62. The maximum Gasteiger partial charge on any atom is 0.175 e. The average molecular weight is 387 g/mol. The molecule has 0 bridgehead atoms. The van der Waals surface area contributed by atoms with E-state index in [4.69, 9.17) is 28.6 Å². The van der Waals surface area contributed by atoms with Crippen molar-refractivity contribution in [1.82, 2.24) is 9.78 Å². The summed E-state index contributed by atoms with van der Waals surface area (Å²) in [6, 6.07) is 13.7. The Labute approximate surface area is 162 Å². The zero-order chi connectivity index (χ0) is 18.5. The molecule has 1 heterocycles. The number of aryl methyl sites for hydroxylation is 1. The summed E-state index contributed by atoms with van der Waals surface area (Å²) in [4.78, 5) is 0. The molecule has 5 nitrogen and oxygen atoms in total. The molecule has 0 saturated heterocycles. The van der Waals surface area contributed by atoms with Gasteiger partial charge in [-0.05, 0) is 42.9 Å². The summed E-state index contributed by atoms with van der Waals surface area (Å²) in [7, 11) is 1.60. The summed E-state index contributed by atoms with van der Waals surface area (Å²) in [5.74, 6) is 0.661. The van der Waals surface area contributed by atoms with Crippen molar-refractivity contribution in [3.8, 4) is 5.75 Å². The Kier molecular flexibility index (Phi) is 5.75. The number of hydrogen-bond donors (Lipinski definition) is 2. The van der Waals surface area contributed by atoms with Gasteiger partial charge in [0.25, 0.3) is 0 Å². The topological polar surface area (TPSA) is 51.1 Å². The van der Waals surface area contributed by atoms with Crippen LogP contribution in [0.25, 0.3) is 0 Å². The Morgan fingerprint density at radius 2 is 1.96 bits per heavy atom. The van der Waals surface area contributed by atoms with E-state index in [0.29, 0.717) is 28.1 Å². The number of anilines is 2. The predicted molar refractivity (Wildman–Crippen MR) is 110 cm³/mol. The first-order valence-corrected chi connectivity index (χ1v) is 8.81. The number of ether oxygens (including phenoxy) is 1. The fourth-order valence-electron chi connectivity index (χ4n) is 2.46. The van der Waals surface area contributed by atoms with Crippen molar-refractivity contribution in [2.45, 2.75) is 13.5 Å². The standard InChI is InChI=1S/C19H19ClN4OS/c1-13-3-5-14(6-4-13)11-24-12-16(10-21-24)22-19(26)23-17-9-15(20)7-8-18(17)25-2/h3-10,12H,11H2,1-2H3,(H2,22,23,26). The molecule has 0 fully saturated rings. The van der Waals surface area contributed by atoms with Crippen molar-refractivity contribution in [3.05, 3.63) is 71.0 Å². The molecular weight excluding hydrogens is 368 g/mol. The van der Waals surface area contributed by atoms with Crippen LogP contribution in [0.4, 0.5) is 11.4 Å². The molecule has 2 aromatic carbocycles. The van der Waals surface area contributed by atoms with Crippen LogP contribution in [-0.2, 0) is 6.54 Å². The molecule has 1 aromatic heterocycles. The van der Waals surface area contributed by atoms with Crippen LogP contribution in [0.1, 0.15) is 11.1 Å². The van der Waals surface area contributed by atoms with Crippen LogP contribution in [-0.4, -0.2) is 22.0 Å². The molecule has 0 spiro atoms. The molecular formula is C19H19ClN4OS. The van der Waals surface area contributed by atoms with Gasteiger partial charge in [0.15, 0.2) is 5.11 Å². The van der Waals surface area contributed by atoms with Gasteiger partial charge in [-0.25, -0.2) is 0 Å². The van der Waals surface area contributed by atoms with Gasteiger partial charge in [0.05, 0.1) is 31.2 Å². The highest BCUT2D eigenvalue weighted by atomic mass is 35.5. The van der Waals surface area contributed by atoms with Crippen molar-refractivity contribution < 1.29 is 4.74 Å². The minimum absolute atomic E-state index is 0.431. The summed E-state index contributed by atoms with van der Waals surface area (Å²) >= 11 is 11.4. The third-order valence-electron chi connectivity index (χ3n) is 3.77. The molecule has 0 unspecified atom stereocenters. The smallest absolute Gasteiger partial charge is 0.175 e. The molecule has 134 valence electrons. The molecule has 3 rings (SSSR count). The van der Waals surface area contributed by atoms with E-state index in [1.54, 1.807) is 31.5 Å². The largest absolute Gasteiger partial charge is 0.495 e. The van der Waals surface area contributed by atoms with Gasteiger partial charge < -0.3 is 15.4 Å². The molecule has 3 aromatic rings. The molecule has 0 saturated carbocycles. The number of hydrogen-bond acceptors (Lipinski definition) is 3. The van der Waals surface area contributed by atoms with Crippen LogP contribution < -0.4 is 15.4 Å². The van der Waals surface area contributed by atoms with Crippen molar-refractivity contribution in [2.75, 3.05) is 17.7 Å². The van der Waals surface area contributed by atoms with Gasteiger partial charge in [0.2, 0.25) is 0 Å². The number of nitrogens with one attached hydrogen (secondary N) is 2. The lowest BCUT2D eigenvalue weighted by Gasteiger charge is -2.12. The van der Waals surface area contributed by atoms with Crippen LogP contribution in [0.15, 0.2) is 54.9 Å². The molecule has 0 aliphatic heterocycles. The first-order valence-electron chi connectivity index (χ1n) is 8.03. The van der Waals surface area contributed by atoms with E-state index < -0.39 is 0 Å². The van der Waals surface area contributed by atoms with Crippen molar-refractivity contribution in [2.24, 2.45) is 0 Å². The monoisotopic (exact) mass is 386 g/mol. The van der Waals surface area contributed by atoms with Gasteiger partial charge in [-0.15, -0.1) is 0 Å². The lowest BCUT2D eigenvalue weighted by molar-refractivity contribution is 0.417. The summed E-state index contributed by atoms with van der Waals surface area (Å²) in [6.07, 6.45) is 3.64. The zero-order valence-corrected chi connectivity index (χ0v) is 16.1. The maximum atomic E-state index is 6.03. The van der Waals surface area contributed by atoms with E-state index >= 15 is 0 Å². The van der Waals surface area contributed by atoms with Crippen molar-refractivity contribution in [3.63, 3.8) is 0 Å². The summed E-state index contributed by atoms with van der Waals surface area (Å²) < 4.78 is 7.16. The number of rotatable bonds is 5. The van der Waals surface area contributed by atoms with Gasteiger partial charge in [0, 0.05) is 11.2 Å². The van der Waals surface area contributed by atoms with Gasteiger partial charge in [-0.1, -0.05) is 41.4 Å². The second-order valence-corrected chi connectivity index (χ2v) is 6.68. The third kappa shape index (κ3) is 4.74. The lowest BCUT2D eigenvalue weighted by atomic mass is 10.1. The second kappa shape index (κ2) is 8.21. The van der Waals surface area contributed by atoms with Gasteiger partial charge in [0.1, 0.15) is 5.75 Å². The Hall–Kier alpha value is -2.57. The van der Waals surface area contributed by atoms with Gasteiger partial charge >= 0.3 is 0 Å². The first-order chi connectivity index (χ1) is 12.5. The molecule has 0 radical (unpaired) electrons. The van der Waals surface area contributed by atoms with E-state index in [1.807, 2.05) is 10.9 Å². The Bertz CT molecular complexity index is 908. The summed E-state index contributed by atoms with van der Waals surface area (Å²) in [6.45, 7) is 2.77. The first kappa shape index (κ1) is 18.2. The van der Waals surface area contributed by atoms with Gasteiger partial charge in [-0.3, -0.25) is 4.68 Å². The van der Waals surface area contributed by atoms with Crippen LogP contribution in [0.3, 0.4) is 0 Å². The molecule has 2 N–H and O–H groups in total. The molecule has 0 aliphatic carbocycles. The highest BCUT2D eigenvalue weighted by Gasteiger charge is 2.07. The number of benzene rings is 2. The Morgan fingerprint density at radius 1 is 1.19 bits per heavy atom. The number of methoxy groups -OCH3 is 1. The fourth-order valence-corrected chi connectivity index (χ4v) is 2.86. The van der Waals surface area contributed by atoms with E-state index in [2.05, 4.69) is 46.9 Å². The minimum atomic E-state index is 0.431. The molecule has 0 amide bonds. The third-order valence-corrected chi connectivity index (χ3v) is 4.21. The highest BCUT2D eigenvalue weighted by molar-refractivity contribution is 7.80. The fraction of sp³-hybridized carbons (Fsp3) is 0.158. The van der Waals surface area contributed by atoms with E-state index in [1.165, 1.54) is 11.1 Å². The lowest BCUT2D eigenvalue weighted by Crippen LogP contribution is -2.19. The van der Waals surface area contributed by atoms with Crippen LogP contribution in [0, 0.1) is 6.92 Å². The summed E-state index contributed by atoms with van der Waals surface area (Å²) in [5, 5.41) is 11.6. The van der Waals surface area contributed by atoms with E-state index in [0.717, 1.165) is 5.69 Å². The van der Waals surface area contributed by atoms with Gasteiger partial charge in [-0.2, -0.15) is 5.10 Å². The number of aromatic nitrogens is 2. The normalized spacial score (nSPS) is 10.4. The summed E-state index contributed by atoms with van der Waals surface area (Å²) in [5.41, 5.74) is 3.93. The van der Waals surface area contributed by atoms with Crippen molar-refractivity contribution in [1.29, 1.82) is 0 Å². The SMILES string of the molecule is COc1ccc(Cl)cc1NC(=S)Nc1cnn(Cc2ccc(C)cc2)c1. The van der Waals surface area contributed by atoms with E-state index in [-0.39, 0.29) is 0 Å². The Morgan fingerprint density at radius 3 is 2.69 bits per heavy atom. The molecule has 0 atom stereocenters. The maximum absolute atomic E-state index is 6.03. The number of thiocarbonyl (C=S) groups is 1. The second-order valence-electron chi connectivity index (χ2n) is 5.84. The molecule has 7 heteroatoms. The highest BCUT2D eigenvalue weighted by Crippen LogP contribution is 2.27. The van der Waals surface area contributed by atoms with Crippen molar-refractivity contribution >= 4 is 40.3 Å². The zero-order valence-electron chi connectivity index (χ0n) is 14.5. The number of nitrogens with zero attached hydrogens (tertiary/aromatic N) is 2. The average Bonchev–Trinajstić information content (AvgIpc) is 3.04. The molecule has 0 aliphatic rings. The molecule has 26 heavy (non-hydrogen) atoms. The minimum Gasteiger partial charge on any atom is -0.495 e. The quantitative estimate of drug-likeness (QED) is 0.622. The van der Waals surface area contributed by atoms with Crippen LogP contribution in [0.2, 0.25) is 5.02 Å². The van der Waals surface area contributed by atoms with Crippen LogP contribution in [0.5, 0.6) is 5.75 Å².